The molecule has 0 aliphatic carbocycles. The molecule has 1 amide bonds. The molecule has 6 nitrogen and oxygen atoms in total. The van der Waals surface area contributed by atoms with Crippen LogP contribution in [-0.4, -0.2) is 80.7 Å². The van der Waals surface area contributed by atoms with E-state index < -0.39 is 16.4 Å². The molecule has 3 rings (SSSR count). The average molecular weight is 387 g/mol. The van der Waals surface area contributed by atoms with Crippen LogP contribution in [0.5, 0.6) is 0 Å². The molecule has 1 aromatic carbocycles. The van der Waals surface area contributed by atoms with Crippen LogP contribution in [0.1, 0.15) is 23.2 Å². The fraction of sp³-hybridized carbons (Fsp3) is 0.588. The van der Waals surface area contributed by atoms with E-state index in [2.05, 4.69) is 0 Å². The van der Waals surface area contributed by atoms with E-state index in [9.17, 15) is 22.0 Å². The Morgan fingerprint density at radius 1 is 1.04 bits per heavy atom. The molecule has 2 fully saturated rings. The first-order chi connectivity index (χ1) is 12.4. The molecule has 9 heteroatoms. The van der Waals surface area contributed by atoms with Crippen LogP contribution < -0.4 is 0 Å². The lowest BCUT2D eigenvalue weighted by Crippen LogP contribution is -2.49. The Morgan fingerprint density at radius 2 is 1.69 bits per heavy atom. The monoisotopic (exact) mass is 387 g/mol. The second-order valence-electron chi connectivity index (χ2n) is 6.62. The number of nitrogens with zero attached hydrogens (tertiary/aromatic N) is 3. The molecular weight excluding hydrogens is 364 g/mol. The first-order valence-electron chi connectivity index (χ1n) is 8.78. The Morgan fingerprint density at radius 3 is 2.31 bits per heavy atom. The zero-order chi connectivity index (χ0) is 18.7. The summed E-state index contributed by atoms with van der Waals surface area (Å²) in [6, 6.07) is 6.09. The van der Waals surface area contributed by atoms with E-state index in [0.717, 1.165) is 12.8 Å². The van der Waals surface area contributed by atoms with Gasteiger partial charge in [-0.2, -0.15) is 4.31 Å². The van der Waals surface area contributed by atoms with E-state index in [4.69, 9.17) is 0 Å². The predicted molar refractivity (Wildman–Crippen MR) is 92.8 cm³/mol. The summed E-state index contributed by atoms with van der Waals surface area (Å²) in [6.07, 6.45) is -0.689. The van der Waals surface area contributed by atoms with E-state index in [1.54, 1.807) is 21.9 Å². The lowest BCUT2D eigenvalue weighted by molar-refractivity contribution is 0.0459. The Kier molecular flexibility index (Phi) is 5.89. The van der Waals surface area contributed by atoms with Crippen molar-refractivity contribution in [1.29, 1.82) is 0 Å². The molecule has 1 aromatic rings. The van der Waals surface area contributed by atoms with Gasteiger partial charge in [0.25, 0.3) is 12.3 Å². The Labute approximate surface area is 152 Å². The minimum absolute atomic E-state index is 0.126. The number of piperazine rings is 1. The third kappa shape index (κ3) is 4.21. The molecule has 0 atom stereocenters. The van der Waals surface area contributed by atoms with Crippen molar-refractivity contribution in [3.63, 3.8) is 0 Å². The standard InChI is InChI=1S/C17H23F2N3O3S/c18-16(19)13-20-8-10-21(11-9-20)17(23)14-4-3-5-15(12-14)26(24,25)22-6-1-2-7-22/h3-5,12,16H,1-2,6-11,13H2. The molecule has 0 spiro atoms. The zero-order valence-electron chi connectivity index (χ0n) is 14.5. The maximum absolute atomic E-state index is 12.7. The molecule has 0 aromatic heterocycles. The van der Waals surface area contributed by atoms with E-state index in [1.165, 1.54) is 16.4 Å². The minimum atomic E-state index is -3.58. The first kappa shape index (κ1) is 19.2. The smallest absolute Gasteiger partial charge is 0.253 e. The van der Waals surface area contributed by atoms with Crippen LogP contribution in [0.3, 0.4) is 0 Å². The Bertz CT molecular complexity index is 743. The third-order valence-corrected chi connectivity index (χ3v) is 6.73. The van der Waals surface area contributed by atoms with Gasteiger partial charge >= 0.3 is 0 Å². The summed E-state index contributed by atoms with van der Waals surface area (Å²) in [7, 11) is -3.58. The van der Waals surface area contributed by atoms with Gasteiger partial charge in [0.1, 0.15) is 0 Å². The number of amides is 1. The van der Waals surface area contributed by atoms with Gasteiger partial charge in [-0.3, -0.25) is 9.69 Å². The van der Waals surface area contributed by atoms with Crippen molar-refractivity contribution in [3.8, 4) is 0 Å². The van der Waals surface area contributed by atoms with Gasteiger partial charge in [-0.05, 0) is 31.0 Å². The van der Waals surface area contributed by atoms with E-state index in [-0.39, 0.29) is 17.3 Å². The number of alkyl halides is 2. The molecule has 144 valence electrons. The molecule has 0 N–H and O–H groups in total. The normalized spacial score (nSPS) is 20.0. The third-order valence-electron chi connectivity index (χ3n) is 4.84. The van der Waals surface area contributed by atoms with Gasteiger partial charge in [-0.1, -0.05) is 6.07 Å². The first-order valence-corrected chi connectivity index (χ1v) is 10.2. The lowest BCUT2D eigenvalue weighted by atomic mass is 10.2. The number of benzene rings is 1. The van der Waals surface area contributed by atoms with Gasteiger partial charge in [0.2, 0.25) is 10.0 Å². The van der Waals surface area contributed by atoms with Crippen LogP contribution in [0.25, 0.3) is 0 Å². The summed E-state index contributed by atoms with van der Waals surface area (Å²) in [5.74, 6) is -0.264. The molecular formula is C17H23F2N3O3S. The number of rotatable bonds is 5. The molecule has 2 aliphatic heterocycles. The van der Waals surface area contributed by atoms with Crippen molar-refractivity contribution in [1.82, 2.24) is 14.1 Å². The summed E-state index contributed by atoms with van der Waals surface area (Å²) < 4.78 is 51.6. The van der Waals surface area contributed by atoms with Crippen LogP contribution in [0.15, 0.2) is 29.2 Å². The molecule has 2 saturated heterocycles. The van der Waals surface area contributed by atoms with E-state index in [0.29, 0.717) is 44.8 Å². The number of hydrogen-bond donors (Lipinski definition) is 0. The highest BCUT2D eigenvalue weighted by molar-refractivity contribution is 7.89. The number of sulfonamides is 1. The van der Waals surface area contributed by atoms with Gasteiger partial charge in [0.15, 0.2) is 0 Å². The number of halogens is 2. The van der Waals surface area contributed by atoms with Crippen LogP contribution in [-0.2, 0) is 10.0 Å². The minimum Gasteiger partial charge on any atom is -0.336 e. The van der Waals surface area contributed by atoms with Crippen molar-refractivity contribution in [3.05, 3.63) is 29.8 Å². The van der Waals surface area contributed by atoms with Gasteiger partial charge in [-0.15, -0.1) is 0 Å². The molecule has 26 heavy (non-hydrogen) atoms. The summed E-state index contributed by atoms with van der Waals surface area (Å²) in [4.78, 5) is 16.0. The fourth-order valence-corrected chi connectivity index (χ4v) is 4.94. The second-order valence-corrected chi connectivity index (χ2v) is 8.56. The Balaban J connectivity index is 1.69. The van der Waals surface area contributed by atoms with E-state index in [1.807, 2.05) is 0 Å². The average Bonchev–Trinajstić information content (AvgIpc) is 3.17. The van der Waals surface area contributed by atoms with Crippen LogP contribution in [0, 0.1) is 0 Å². The van der Waals surface area contributed by atoms with Crippen LogP contribution >= 0.6 is 0 Å². The molecule has 0 saturated carbocycles. The highest BCUT2D eigenvalue weighted by atomic mass is 32.2. The molecule has 2 heterocycles. The number of carbonyl (C=O) groups excluding carboxylic acids is 1. The zero-order valence-corrected chi connectivity index (χ0v) is 15.3. The predicted octanol–water partition coefficient (Wildman–Crippen LogP) is 1.49. The maximum Gasteiger partial charge on any atom is 0.253 e. The SMILES string of the molecule is O=C(c1cccc(S(=O)(=O)N2CCCC2)c1)N1CCN(CC(F)F)CC1. The van der Waals surface area contributed by atoms with Crippen molar-refractivity contribution < 1.29 is 22.0 Å². The van der Waals surface area contributed by atoms with Crippen molar-refractivity contribution in [2.75, 3.05) is 45.8 Å². The van der Waals surface area contributed by atoms with Gasteiger partial charge in [0.05, 0.1) is 11.4 Å². The van der Waals surface area contributed by atoms with Crippen LogP contribution in [0.2, 0.25) is 0 Å². The molecule has 2 aliphatic rings. The highest BCUT2D eigenvalue weighted by Gasteiger charge is 2.29. The lowest BCUT2D eigenvalue weighted by Gasteiger charge is -2.34. The van der Waals surface area contributed by atoms with E-state index >= 15 is 0 Å². The Hall–Kier alpha value is -1.58. The molecule has 0 unspecified atom stereocenters. The van der Waals surface area contributed by atoms with Crippen LogP contribution in [0.4, 0.5) is 8.78 Å². The number of hydrogen-bond acceptors (Lipinski definition) is 4. The molecule has 0 radical (unpaired) electrons. The van der Waals surface area contributed by atoms with Crippen molar-refractivity contribution in [2.24, 2.45) is 0 Å². The number of carbonyl (C=O) groups is 1. The topological polar surface area (TPSA) is 60.9 Å². The maximum atomic E-state index is 12.7. The van der Waals surface area contributed by atoms with Gasteiger partial charge < -0.3 is 4.90 Å². The fourth-order valence-electron chi connectivity index (χ4n) is 3.38. The summed E-state index contributed by atoms with van der Waals surface area (Å²) in [5.41, 5.74) is 0.313. The summed E-state index contributed by atoms with van der Waals surface area (Å²) in [6.45, 7) is 2.22. The summed E-state index contributed by atoms with van der Waals surface area (Å²) >= 11 is 0. The quantitative estimate of drug-likeness (QED) is 0.768. The van der Waals surface area contributed by atoms with Crippen molar-refractivity contribution >= 4 is 15.9 Å². The van der Waals surface area contributed by atoms with Gasteiger partial charge in [-0.25, -0.2) is 17.2 Å². The highest BCUT2D eigenvalue weighted by Crippen LogP contribution is 2.22. The van der Waals surface area contributed by atoms with Gasteiger partial charge in [0, 0.05) is 44.8 Å². The van der Waals surface area contributed by atoms with Crippen molar-refractivity contribution in [2.45, 2.75) is 24.2 Å². The summed E-state index contributed by atoms with van der Waals surface area (Å²) in [5, 5.41) is 0. The second kappa shape index (κ2) is 7.98. The molecule has 0 bridgehead atoms. The largest absolute Gasteiger partial charge is 0.336 e.